The highest BCUT2D eigenvalue weighted by Crippen LogP contribution is 2.32. The van der Waals surface area contributed by atoms with Crippen LogP contribution in [0.3, 0.4) is 0 Å². The molecule has 1 amide bonds. The van der Waals surface area contributed by atoms with Crippen LogP contribution in [0.1, 0.15) is 31.7 Å². The molecule has 2 rings (SSSR count). The van der Waals surface area contributed by atoms with E-state index in [4.69, 9.17) is 4.74 Å². The zero-order valence-electron chi connectivity index (χ0n) is 10.5. The summed E-state index contributed by atoms with van der Waals surface area (Å²) >= 11 is 0. The third-order valence-corrected chi connectivity index (χ3v) is 3.02. The van der Waals surface area contributed by atoms with E-state index in [0.717, 1.165) is 29.8 Å². The summed E-state index contributed by atoms with van der Waals surface area (Å²) in [5.41, 5.74) is 2.08. The highest BCUT2D eigenvalue weighted by atomic mass is 16.5. The lowest BCUT2D eigenvalue weighted by atomic mass is 10.1. The number of unbranched alkanes of at least 4 members (excludes halogenated alkanes) is 1. The van der Waals surface area contributed by atoms with Gasteiger partial charge in [0.15, 0.2) is 0 Å². The molecule has 0 unspecified atom stereocenters. The van der Waals surface area contributed by atoms with Crippen molar-refractivity contribution in [1.29, 1.82) is 0 Å². The van der Waals surface area contributed by atoms with Crippen molar-refractivity contribution in [1.82, 2.24) is 0 Å². The van der Waals surface area contributed by atoms with Crippen LogP contribution in [0.25, 0.3) is 0 Å². The van der Waals surface area contributed by atoms with Crippen molar-refractivity contribution in [2.75, 3.05) is 18.1 Å². The Morgan fingerprint density at radius 1 is 1.47 bits per heavy atom. The van der Waals surface area contributed by atoms with E-state index in [1.165, 1.54) is 0 Å². The van der Waals surface area contributed by atoms with Crippen LogP contribution in [0.5, 0.6) is 5.75 Å². The summed E-state index contributed by atoms with van der Waals surface area (Å²) in [7, 11) is 0. The quantitative estimate of drug-likeness (QED) is 0.803. The molecule has 0 saturated heterocycles. The van der Waals surface area contributed by atoms with Crippen LogP contribution in [-0.2, 0) is 4.79 Å². The minimum absolute atomic E-state index is 0.210. The lowest BCUT2D eigenvalue weighted by Crippen LogP contribution is -2.37. The summed E-state index contributed by atoms with van der Waals surface area (Å²) in [4.78, 5) is 14.0. The number of fused-ring (bicyclic) bond motifs is 1. The van der Waals surface area contributed by atoms with E-state index >= 15 is 0 Å². The number of hydrogen-bond acceptors (Lipinski definition) is 2. The number of anilines is 1. The molecule has 1 aromatic rings. The molecular formula is C14H19NO2. The molecule has 17 heavy (non-hydrogen) atoms. The third kappa shape index (κ3) is 2.60. The molecule has 0 fully saturated rings. The maximum absolute atomic E-state index is 12.1. The van der Waals surface area contributed by atoms with Gasteiger partial charge in [0.1, 0.15) is 12.4 Å². The van der Waals surface area contributed by atoms with Gasteiger partial charge >= 0.3 is 0 Å². The highest BCUT2D eigenvalue weighted by Gasteiger charge is 2.22. The lowest BCUT2D eigenvalue weighted by Gasteiger charge is -2.30. The first-order valence-electron chi connectivity index (χ1n) is 6.26. The molecule has 0 bridgehead atoms. The molecule has 3 heteroatoms. The molecule has 0 N–H and O–H groups in total. The van der Waals surface area contributed by atoms with Gasteiger partial charge in [0.25, 0.3) is 0 Å². The standard InChI is InChI=1S/C14H19NO2/c1-3-4-5-14(16)15-8-9-17-13-7-6-11(2)10-12(13)15/h6-7,10H,3-5,8-9H2,1-2H3. The van der Waals surface area contributed by atoms with Crippen LogP contribution >= 0.6 is 0 Å². The Labute approximate surface area is 102 Å². The van der Waals surface area contributed by atoms with Gasteiger partial charge in [0.2, 0.25) is 5.91 Å². The molecule has 0 spiro atoms. The van der Waals surface area contributed by atoms with Crippen LogP contribution < -0.4 is 9.64 Å². The monoisotopic (exact) mass is 233 g/mol. The van der Waals surface area contributed by atoms with E-state index in [1.54, 1.807) is 0 Å². The van der Waals surface area contributed by atoms with Gasteiger partial charge in [-0.05, 0) is 31.0 Å². The summed E-state index contributed by atoms with van der Waals surface area (Å²) < 4.78 is 5.57. The molecular weight excluding hydrogens is 214 g/mol. The molecule has 1 aromatic carbocycles. The summed E-state index contributed by atoms with van der Waals surface area (Å²) in [5, 5.41) is 0. The first-order valence-corrected chi connectivity index (χ1v) is 6.26. The number of ether oxygens (including phenoxy) is 1. The van der Waals surface area contributed by atoms with Gasteiger partial charge in [0, 0.05) is 6.42 Å². The average Bonchev–Trinajstić information content (AvgIpc) is 2.35. The molecule has 0 radical (unpaired) electrons. The summed E-state index contributed by atoms with van der Waals surface area (Å²) in [6.07, 6.45) is 2.64. The van der Waals surface area contributed by atoms with Gasteiger partial charge in [-0.2, -0.15) is 0 Å². The average molecular weight is 233 g/mol. The third-order valence-electron chi connectivity index (χ3n) is 3.02. The maximum atomic E-state index is 12.1. The summed E-state index contributed by atoms with van der Waals surface area (Å²) in [5.74, 6) is 1.04. The number of amides is 1. The number of nitrogens with zero attached hydrogens (tertiary/aromatic N) is 1. The number of hydrogen-bond donors (Lipinski definition) is 0. The molecule has 1 aliphatic heterocycles. The summed E-state index contributed by atoms with van der Waals surface area (Å²) in [6, 6.07) is 5.99. The van der Waals surface area contributed by atoms with Gasteiger partial charge in [-0.1, -0.05) is 19.4 Å². The Hall–Kier alpha value is -1.51. The van der Waals surface area contributed by atoms with Crippen LogP contribution in [0.2, 0.25) is 0 Å². The minimum Gasteiger partial charge on any atom is -0.490 e. The van der Waals surface area contributed by atoms with E-state index in [-0.39, 0.29) is 5.91 Å². The lowest BCUT2D eigenvalue weighted by molar-refractivity contribution is -0.119. The highest BCUT2D eigenvalue weighted by molar-refractivity contribution is 5.95. The molecule has 0 atom stereocenters. The van der Waals surface area contributed by atoms with Crippen LogP contribution in [0.15, 0.2) is 18.2 Å². The SMILES string of the molecule is CCCCC(=O)N1CCOc2ccc(C)cc21. The van der Waals surface area contributed by atoms with Gasteiger partial charge < -0.3 is 9.64 Å². The van der Waals surface area contributed by atoms with Crippen molar-refractivity contribution in [2.45, 2.75) is 33.1 Å². The Bertz CT molecular complexity index is 415. The van der Waals surface area contributed by atoms with Crippen molar-refractivity contribution in [3.63, 3.8) is 0 Å². The molecule has 3 nitrogen and oxygen atoms in total. The van der Waals surface area contributed by atoms with Crippen molar-refractivity contribution in [3.05, 3.63) is 23.8 Å². The molecule has 0 aromatic heterocycles. The Morgan fingerprint density at radius 2 is 2.29 bits per heavy atom. The van der Waals surface area contributed by atoms with Crippen LogP contribution in [0, 0.1) is 6.92 Å². The Morgan fingerprint density at radius 3 is 3.06 bits per heavy atom. The fourth-order valence-electron chi connectivity index (χ4n) is 2.05. The van der Waals surface area contributed by atoms with Gasteiger partial charge in [-0.3, -0.25) is 4.79 Å². The second kappa shape index (κ2) is 5.21. The van der Waals surface area contributed by atoms with Crippen LogP contribution in [0.4, 0.5) is 5.69 Å². The van der Waals surface area contributed by atoms with Crippen molar-refractivity contribution < 1.29 is 9.53 Å². The van der Waals surface area contributed by atoms with E-state index in [2.05, 4.69) is 6.92 Å². The topological polar surface area (TPSA) is 29.5 Å². The van der Waals surface area contributed by atoms with Crippen LogP contribution in [-0.4, -0.2) is 19.1 Å². The second-order valence-corrected chi connectivity index (χ2v) is 4.47. The van der Waals surface area contributed by atoms with Gasteiger partial charge in [-0.25, -0.2) is 0 Å². The molecule has 1 heterocycles. The van der Waals surface area contributed by atoms with Crippen molar-refractivity contribution in [3.8, 4) is 5.75 Å². The number of aryl methyl sites for hydroxylation is 1. The van der Waals surface area contributed by atoms with Crippen molar-refractivity contribution >= 4 is 11.6 Å². The minimum atomic E-state index is 0.210. The van der Waals surface area contributed by atoms with Gasteiger partial charge in [-0.15, -0.1) is 0 Å². The number of rotatable bonds is 3. The Balaban J connectivity index is 2.21. The predicted octanol–water partition coefficient (Wildman–Crippen LogP) is 2.91. The smallest absolute Gasteiger partial charge is 0.227 e. The fraction of sp³-hybridized carbons (Fsp3) is 0.500. The fourth-order valence-corrected chi connectivity index (χ4v) is 2.05. The number of benzene rings is 1. The predicted molar refractivity (Wildman–Crippen MR) is 68.6 cm³/mol. The van der Waals surface area contributed by atoms with E-state index in [9.17, 15) is 4.79 Å². The molecule has 92 valence electrons. The Kier molecular flexibility index (Phi) is 3.67. The van der Waals surface area contributed by atoms with E-state index in [0.29, 0.717) is 19.6 Å². The van der Waals surface area contributed by atoms with E-state index in [1.807, 2.05) is 30.0 Å². The number of carbonyl (C=O) groups is 1. The first-order chi connectivity index (χ1) is 8.22. The largest absolute Gasteiger partial charge is 0.490 e. The molecule has 0 saturated carbocycles. The van der Waals surface area contributed by atoms with Crippen molar-refractivity contribution in [2.24, 2.45) is 0 Å². The van der Waals surface area contributed by atoms with E-state index < -0.39 is 0 Å². The van der Waals surface area contributed by atoms with Gasteiger partial charge in [0.05, 0.1) is 12.2 Å². The normalized spacial score (nSPS) is 14.1. The zero-order chi connectivity index (χ0) is 12.3. The molecule has 1 aliphatic rings. The molecule has 0 aliphatic carbocycles. The number of carbonyl (C=O) groups excluding carboxylic acids is 1. The zero-order valence-corrected chi connectivity index (χ0v) is 10.5. The summed E-state index contributed by atoms with van der Waals surface area (Å²) in [6.45, 7) is 5.39. The second-order valence-electron chi connectivity index (χ2n) is 4.47. The maximum Gasteiger partial charge on any atom is 0.227 e. The first kappa shape index (κ1) is 12.0.